The summed E-state index contributed by atoms with van der Waals surface area (Å²) in [7, 11) is 1.86. The molecule has 1 atom stereocenters. The van der Waals surface area contributed by atoms with Gasteiger partial charge in [0.15, 0.2) is 0 Å². The molecule has 0 radical (unpaired) electrons. The maximum Gasteiger partial charge on any atom is 0.258 e. The zero-order valence-electron chi connectivity index (χ0n) is 17.8. The Morgan fingerprint density at radius 3 is 2.57 bits per heavy atom. The predicted molar refractivity (Wildman–Crippen MR) is 120 cm³/mol. The van der Waals surface area contributed by atoms with Gasteiger partial charge in [0, 0.05) is 30.9 Å². The molecular formula is C25H29N3O2. The quantitative estimate of drug-likeness (QED) is 0.763. The number of nitrogens with zero attached hydrogens (tertiary/aromatic N) is 3. The molecule has 30 heavy (non-hydrogen) atoms. The van der Waals surface area contributed by atoms with Gasteiger partial charge in [-0.15, -0.1) is 0 Å². The van der Waals surface area contributed by atoms with E-state index in [1.807, 2.05) is 48.3 Å². The number of carbonyl (C=O) groups excluding carboxylic acids is 2. The molecule has 0 N–H and O–H groups in total. The highest BCUT2D eigenvalue weighted by atomic mass is 16.2. The minimum atomic E-state index is -0.150. The molecule has 3 aliphatic rings. The molecule has 1 aliphatic carbocycles. The first-order valence-corrected chi connectivity index (χ1v) is 11.2. The number of para-hydroxylation sites is 1. The van der Waals surface area contributed by atoms with Gasteiger partial charge in [0.1, 0.15) is 6.04 Å². The Morgan fingerprint density at radius 2 is 1.80 bits per heavy atom. The van der Waals surface area contributed by atoms with Crippen LogP contribution in [0.2, 0.25) is 0 Å². The van der Waals surface area contributed by atoms with Gasteiger partial charge >= 0.3 is 0 Å². The summed E-state index contributed by atoms with van der Waals surface area (Å²) in [5, 5.41) is 0. The number of hydrogen-bond donors (Lipinski definition) is 0. The molecule has 0 aromatic heterocycles. The van der Waals surface area contributed by atoms with Crippen LogP contribution in [-0.2, 0) is 11.2 Å². The second-order valence-corrected chi connectivity index (χ2v) is 8.71. The van der Waals surface area contributed by atoms with Gasteiger partial charge in [-0.1, -0.05) is 38.0 Å². The van der Waals surface area contributed by atoms with Gasteiger partial charge in [-0.3, -0.25) is 9.59 Å². The average Bonchev–Trinajstić information content (AvgIpc) is 3.45. The second kappa shape index (κ2) is 7.46. The van der Waals surface area contributed by atoms with Crippen LogP contribution in [0.4, 0.5) is 17.1 Å². The average molecular weight is 404 g/mol. The van der Waals surface area contributed by atoms with Crippen LogP contribution in [0, 0.1) is 0 Å². The monoisotopic (exact) mass is 403 g/mol. The Balaban J connectivity index is 1.55. The van der Waals surface area contributed by atoms with Crippen LogP contribution >= 0.6 is 0 Å². The summed E-state index contributed by atoms with van der Waals surface area (Å²) in [6.07, 6.45) is 6.32. The van der Waals surface area contributed by atoms with Crippen molar-refractivity contribution in [3.05, 3.63) is 53.6 Å². The van der Waals surface area contributed by atoms with E-state index in [9.17, 15) is 9.59 Å². The van der Waals surface area contributed by atoms with Crippen molar-refractivity contribution in [3.8, 4) is 0 Å². The highest BCUT2D eigenvalue weighted by Crippen LogP contribution is 2.42. The number of benzene rings is 2. The third-order valence-corrected chi connectivity index (χ3v) is 7.05. The molecule has 5 rings (SSSR count). The zero-order valence-corrected chi connectivity index (χ0v) is 17.8. The Hall–Kier alpha value is -2.82. The van der Waals surface area contributed by atoms with E-state index in [1.165, 1.54) is 18.4 Å². The first-order chi connectivity index (χ1) is 14.6. The molecule has 0 saturated heterocycles. The van der Waals surface area contributed by atoms with E-state index < -0.39 is 0 Å². The molecule has 5 nitrogen and oxygen atoms in total. The van der Waals surface area contributed by atoms with Gasteiger partial charge < -0.3 is 14.7 Å². The standard InChI is InChI=1S/C25H29N3O2/c1-3-20-25(30)26(2)22-13-12-18(16-23(22)28(20)19-9-5-6-10-19)24(29)27-15-14-17-8-4-7-11-21(17)27/h4,7-8,11-13,16,19-20H,3,5-6,9-10,14-15H2,1-2H3. The number of amides is 2. The fraction of sp³-hybridized carbons (Fsp3) is 0.440. The van der Waals surface area contributed by atoms with Crippen LogP contribution in [-0.4, -0.2) is 37.5 Å². The Labute approximate surface area is 178 Å². The molecule has 0 spiro atoms. The third-order valence-electron chi connectivity index (χ3n) is 7.05. The molecule has 2 aromatic rings. The number of anilines is 3. The lowest BCUT2D eigenvalue weighted by molar-refractivity contribution is -0.120. The smallest absolute Gasteiger partial charge is 0.258 e. The molecule has 156 valence electrons. The van der Waals surface area contributed by atoms with Crippen molar-refractivity contribution in [2.24, 2.45) is 0 Å². The fourth-order valence-corrected chi connectivity index (χ4v) is 5.49. The SMILES string of the molecule is CCC1C(=O)N(C)c2ccc(C(=O)N3CCc4ccccc43)cc2N1C1CCCC1. The van der Waals surface area contributed by atoms with E-state index >= 15 is 0 Å². The minimum Gasteiger partial charge on any atom is -0.355 e. The molecule has 1 fully saturated rings. The molecule has 2 heterocycles. The molecule has 2 aromatic carbocycles. The van der Waals surface area contributed by atoms with E-state index in [2.05, 4.69) is 17.9 Å². The van der Waals surface area contributed by atoms with Gasteiger partial charge in [0.05, 0.1) is 11.4 Å². The van der Waals surface area contributed by atoms with Crippen LogP contribution < -0.4 is 14.7 Å². The zero-order chi connectivity index (χ0) is 20.8. The van der Waals surface area contributed by atoms with Crippen molar-refractivity contribution in [3.63, 3.8) is 0 Å². The molecule has 2 amide bonds. The van der Waals surface area contributed by atoms with Gasteiger partial charge in [-0.05, 0) is 55.5 Å². The molecule has 1 unspecified atom stereocenters. The molecule has 1 saturated carbocycles. The van der Waals surface area contributed by atoms with Crippen LogP contribution in [0.15, 0.2) is 42.5 Å². The fourth-order valence-electron chi connectivity index (χ4n) is 5.49. The second-order valence-electron chi connectivity index (χ2n) is 8.71. The first-order valence-electron chi connectivity index (χ1n) is 11.2. The molecule has 2 aliphatic heterocycles. The lowest BCUT2D eigenvalue weighted by atomic mass is 9.98. The normalized spacial score (nSPS) is 21.2. The topological polar surface area (TPSA) is 43.9 Å². The highest BCUT2D eigenvalue weighted by molar-refractivity contribution is 6.10. The number of rotatable bonds is 3. The molecule has 5 heteroatoms. The Morgan fingerprint density at radius 1 is 1.03 bits per heavy atom. The summed E-state index contributed by atoms with van der Waals surface area (Å²) in [6.45, 7) is 2.80. The van der Waals surface area contributed by atoms with Crippen LogP contribution in [0.25, 0.3) is 0 Å². The maximum atomic E-state index is 13.4. The van der Waals surface area contributed by atoms with Crippen molar-refractivity contribution < 1.29 is 9.59 Å². The van der Waals surface area contributed by atoms with E-state index in [1.54, 1.807) is 4.90 Å². The largest absolute Gasteiger partial charge is 0.355 e. The lowest BCUT2D eigenvalue weighted by Crippen LogP contribution is -2.55. The summed E-state index contributed by atoms with van der Waals surface area (Å²) < 4.78 is 0. The number of hydrogen-bond acceptors (Lipinski definition) is 3. The first kappa shape index (κ1) is 19.2. The minimum absolute atomic E-state index is 0.0433. The van der Waals surface area contributed by atoms with Gasteiger partial charge in [-0.2, -0.15) is 0 Å². The van der Waals surface area contributed by atoms with Crippen molar-refractivity contribution in [2.75, 3.05) is 28.3 Å². The van der Waals surface area contributed by atoms with Crippen molar-refractivity contribution in [2.45, 2.75) is 57.5 Å². The van der Waals surface area contributed by atoms with Gasteiger partial charge in [0.25, 0.3) is 5.91 Å². The summed E-state index contributed by atoms with van der Waals surface area (Å²) in [5.41, 5.74) is 4.90. The third kappa shape index (κ3) is 2.91. The summed E-state index contributed by atoms with van der Waals surface area (Å²) in [5.74, 6) is 0.200. The predicted octanol–water partition coefficient (Wildman–Crippen LogP) is 4.39. The summed E-state index contributed by atoms with van der Waals surface area (Å²) >= 11 is 0. The van der Waals surface area contributed by atoms with E-state index in [0.29, 0.717) is 11.6 Å². The van der Waals surface area contributed by atoms with Crippen LogP contribution in [0.3, 0.4) is 0 Å². The number of fused-ring (bicyclic) bond motifs is 2. The Bertz CT molecular complexity index is 996. The number of carbonyl (C=O) groups is 2. The van der Waals surface area contributed by atoms with Gasteiger partial charge in [-0.25, -0.2) is 0 Å². The summed E-state index contributed by atoms with van der Waals surface area (Å²) in [4.78, 5) is 32.5. The molecule has 0 bridgehead atoms. The van der Waals surface area contributed by atoms with Crippen molar-refractivity contribution in [1.29, 1.82) is 0 Å². The maximum absolute atomic E-state index is 13.4. The van der Waals surface area contributed by atoms with Crippen molar-refractivity contribution >= 4 is 28.9 Å². The van der Waals surface area contributed by atoms with Crippen LogP contribution in [0.5, 0.6) is 0 Å². The van der Waals surface area contributed by atoms with Crippen LogP contribution in [0.1, 0.15) is 54.9 Å². The van der Waals surface area contributed by atoms with Gasteiger partial charge in [0.2, 0.25) is 5.91 Å². The Kier molecular flexibility index (Phi) is 4.76. The summed E-state index contributed by atoms with van der Waals surface area (Å²) in [6, 6.07) is 14.2. The highest BCUT2D eigenvalue weighted by Gasteiger charge is 2.40. The van der Waals surface area contributed by atoms with E-state index in [-0.39, 0.29) is 17.9 Å². The lowest BCUT2D eigenvalue weighted by Gasteiger charge is -2.45. The van der Waals surface area contributed by atoms with E-state index in [0.717, 1.165) is 49.3 Å². The van der Waals surface area contributed by atoms with Crippen molar-refractivity contribution in [1.82, 2.24) is 0 Å². The van der Waals surface area contributed by atoms with E-state index in [4.69, 9.17) is 0 Å². The molecular weight excluding hydrogens is 374 g/mol. The number of likely N-dealkylation sites (N-methyl/N-ethyl adjacent to an activating group) is 1.